The van der Waals surface area contributed by atoms with Gasteiger partial charge in [-0.25, -0.2) is 13.4 Å². The van der Waals surface area contributed by atoms with Gasteiger partial charge in [0.1, 0.15) is 0 Å². The summed E-state index contributed by atoms with van der Waals surface area (Å²) in [5.41, 5.74) is 0.962. The number of hydrogen-bond donors (Lipinski definition) is 1. The Morgan fingerprint density at radius 1 is 1.29 bits per heavy atom. The smallest absolute Gasteiger partial charge is 0.255 e. The SMILES string of the molecule is Cc1ccc(S(=O)(=O)Nc2ncc(F)s2)cc1. The summed E-state index contributed by atoms with van der Waals surface area (Å²) in [7, 11) is -3.69. The Morgan fingerprint density at radius 2 is 1.94 bits per heavy atom. The predicted octanol–water partition coefficient (Wildman–Crippen LogP) is 2.39. The number of thiazole rings is 1. The van der Waals surface area contributed by atoms with Crippen molar-refractivity contribution in [3.8, 4) is 0 Å². The number of rotatable bonds is 3. The molecule has 2 rings (SSSR count). The van der Waals surface area contributed by atoms with Crippen LogP contribution in [0.5, 0.6) is 0 Å². The molecule has 90 valence electrons. The molecule has 2 aromatic rings. The zero-order valence-electron chi connectivity index (χ0n) is 8.84. The van der Waals surface area contributed by atoms with Crippen LogP contribution in [0.2, 0.25) is 0 Å². The van der Waals surface area contributed by atoms with Gasteiger partial charge in [0.2, 0.25) is 0 Å². The second-order valence-electron chi connectivity index (χ2n) is 3.39. The monoisotopic (exact) mass is 272 g/mol. The zero-order valence-corrected chi connectivity index (χ0v) is 10.5. The van der Waals surface area contributed by atoms with Gasteiger partial charge in [-0.05, 0) is 19.1 Å². The molecule has 7 heteroatoms. The number of nitrogens with one attached hydrogen (secondary N) is 1. The molecule has 0 radical (unpaired) electrons. The fourth-order valence-corrected chi connectivity index (χ4v) is 2.98. The second-order valence-corrected chi connectivity index (χ2v) is 6.05. The van der Waals surface area contributed by atoms with Crippen molar-refractivity contribution in [1.29, 1.82) is 0 Å². The molecule has 0 saturated heterocycles. The van der Waals surface area contributed by atoms with Gasteiger partial charge in [-0.3, -0.25) is 4.72 Å². The Kier molecular flexibility index (Phi) is 3.12. The molecule has 17 heavy (non-hydrogen) atoms. The molecule has 0 aliphatic carbocycles. The number of hydrogen-bond acceptors (Lipinski definition) is 4. The van der Waals surface area contributed by atoms with E-state index in [9.17, 15) is 12.8 Å². The maximum atomic E-state index is 12.7. The van der Waals surface area contributed by atoms with Gasteiger partial charge in [0, 0.05) is 0 Å². The van der Waals surface area contributed by atoms with Crippen molar-refractivity contribution in [3.63, 3.8) is 0 Å². The van der Waals surface area contributed by atoms with Crippen molar-refractivity contribution >= 4 is 26.5 Å². The van der Waals surface area contributed by atoms with Crippen LogP contribution in [0.1, 0.15) is 5.56 Å². The van der Waals surface area contributed by atoms with Gasteiger partial charge < -0.3 is 0 Å². The molecule has 0 aliphatic rings. The van der Waals surface area contributed by atoms with Crippen LogP contribution in [0.25, 0.3) is 0 Å². The number of sulfonamides is 1. The van der Waals surface area contributed by atoms with E-state index < -0.39 is 15.2 Å². The quantitative estimate of drug-likeness (QED) is 0.933. The van der Waals surface area contributed by atoms with Crippen molar-refractivity contribution in [2.45, 2.75) is 11.8 Å². The highest BCUT2D eigenvalue weighted by atomic mass is 32.2. The summed E-state index contributed by atoms with van der Waals surface area (Å²) in [6.45, 7) is 1.86. The van der Waals surface area contributed by atoms with Gasteiger partial charge in [0.15, 0.2) is 10.3 Å². The van der Waals surface area contributed by atoms with Crippen LogP contribution in [0.4, 0.5) is 9.52 Å². The lowest BCUT2D eigenvalue weighted by Crippen LogP contribution is -2.12. The molecule has 0 fully saturated rings. The largest absolute Gasteiger partial charge is 0.263 e. The van der Waals surface area contributed by atoms with Crippen molar-refractivity contribution in [1.82, 2.24) is 4.98 Å². The third-order valence-electron chi connectivity index (χ3n) is 2.03. The van der Waals surface area contributed by atoms with Gasteiger partial charge in [0.25, 0.3) is 10.0 Å². The minimum atomic E-state index is -3.69. The molecule has 0 atom stereocenters. The maximum Gasteiger partial charge on any atom is 0.263 e. The van der Waals surface area contributed by atoms with Crippen LogP contribution in [0, 0.1) is 12.1 Å². The summed E-state index contributed by atoms with van der Waals surface area (Å²) in [4.78, 5) is 3.72. The summed E-state index contributed by atoms with van der Waals surface area (Å²) in [6.07, 6.45) is 0.970. The number of aryl methyl sites for hydroxylation is 1. The number of halogens is 1. The molecule has 0 spiro atoms. The standard InChI is InChI=1S/C10H9FN2O2S2/c1-7-2-4-8(5-3-7)17(14,15)13-10-12-6-9(11)16-10/h2-6H,1H3,(H,12,13). The molecule has 0 unspecified atom stereocenters. The van der Waals surface area contributed by atoms with E-state index in [2.05, 4.69) is 9.71 Å². The van der Waals surface area contributed by atoms with E-state index in [4.69, 9.17) is 0 Å². The molecule has 0 aliphatic heterocycles. The average molecular weight is 272 g/mol. The predicted molar refractivity (Wildman–Crippen MR) is 64.1 cm³/mol. The minimum absolute atomic E-state index is 0.0167. The highest BCUT2D eigenvalue weighted by Gasteiger charge is 2.15. The summed E-state index contributed by atoms with van der Waals surface area (Å²) in [5, 5.41) is -0.519. The van der Waals surface area contributed by atoms with Gasteiger partial charge in [-0.1, -0.05) is 29.0 Å². The fraction of sp³-hybridized carbons (Fsp3) is 0.100. The first kappa shape index (κ1) is 12.0. The van der Waals surface area contributed by atoms with Crippen molar-refractivity contribution < 1.29 is 12.8 Å². The van der Waals surface area contributed by atoms with E-state index in [1.54, 1.807) is 12.1 Å². The maximum absolute atomic E-state index is 12.7. The van der Waals surface area contributed by atoms with Gasteiger partial charge in [0.05, 0.1) is 11.1 Å². The van der Waals surface area contributed by atoms with Crippen LogP contribution in [0.3, 0.4) is 0 Å². The van der Waals surface area contributed by atoms with E-state index in [-0.39, 0.29) is 10.0 Å². The van der Waals surface area contributed by atoms with Gasteiger partial charge in [-0.2, -0.15) is 4.39 Å². The number of nitrogens with zero attached hydrogens (tertiary/aromatic N) is 1. The molecule has 0 bridgehead atoms. The summed E-state index contributed by atoms with van der Waals surface area (Å²) >= 11 is 0.644. The van der Waals surface area contributed by atoms with E-state index in [1.165, 1.54) is 12.1 Å². The Labute approximate surface area is 102 Å². The molecule has 4 nitrogen and oxygen atoms in total. The van der Waals surface area contributed by atoms with E-state index in [0.717, 1.165) is 11.8 Å². The van der Waals surface area contributed by atoms with Crippen molar-refractivity contribution in [2.75, 3.05) is 4.72 Å². The summed E-state index contributed by atoms with van der Waals surface area (Å²) in [6, 6.07) is 6.36. The Morgan fingerprint density at radius 3 is 2.47 bits per heavy atom. The fourth-order valence-electron chi connectivity index (χ4n) is 1.19. The van der Waals surface area contributed by atoms with Crippen LogP contribution in [0.15, 0.2) is 35.4 Å². The van der Waals surface area contributed by atoms with Crippen LogP contribution >= 0.6 is 11.3 Å². The van der Waals surface area contributed by atoms with Crippen LogP contribution in [-0.4, -0.2) is 13.4 Å². The molecule has 1 aromatic heterocycles. The highest BCUT2D eigenvalue weighted by molar-refractivity contribution is 7.93. The lowest BCUT2D eigenvalue weighted by molar-refractivity contribution is 0.601. The van der Waals surface area contributed by atoms with Crippen LogP contribution < -0.4 is 4.72 Å². The summed E-state index contributed by atoms with van der Waals surface area (Å²) in [5.74, 6) is 0. The first-order valence-corrected chi connectivity index (χ1v) is 6.98. The van der Waals surface area contributed by atoms with E-state index >= 15 is 0 Å². The van der Waals surface area contributed by atoms with Gasteiger partial charge >= 0.3 is 0 Å². The second kappa shape index (κ2) is 4.42. The van der Waals surface area contributed by atoms with Crippen molar-refractivity contribution in [2.24, 2.45) is 0 Å². The first-order valence-electron chi connectivity index (χ1n) is 4.68. The lowest BCUT2D eigenvalue weighted by atomic mass is 10.2. The first-order chi connectivity index (χ1) is 7.97. The molecular formula is C10H9FN2O2S2. The third kappa shape index (κ3) is 2.80. The normalized spacial score (nSPS) is 11.4. The Bertz CT molecular complexity index is 620. The van der Waals surface area contributed by atoms with E-state index in [1.807, 2.05) is 6.92 Å². The molecule has 1 heterocycles. The average Bonchev–Trinajstić information content (AvgIpc) is 2.63. The van der Waals surface area contributed by atoms with Gasteiger partial charge in [-0.15, -0.1) is 0 Å². The molecule has 0 saturated carbocycles. The Hall–Kier alpha value is -1.47. The molecule has 1 aromatic carbocycles. The number of aromatic nitrogens is 1. The molecule has 1 N–H and O–H groups in total. The van der Waals surface area contributed by atoms with Crippen LogP contribution in [-0.2, 0) is 10.0 Å². The topological polar surface area (TPSA) is 59.1 Å². The summed E-state index contributed by atoms with van der Waals surface area (Å²) < 4.78 is 38.6. The number of anilines is 1. The van der Waals surface area contributed by atoms with Crippen molar-refractivity contribution in [3.05, 3.63) is 41.2 Å². The van der Waals surface area contributed by atoms with E-state index in [0.29, 0.717) is 11.3 Å². The number of benzene rings is 1. The lowest BCUT2D eigenvalue weighted by Gasteiger charge is -2.04. The molecule has 0 amide bonds. The molecular weight excluding hydrogens is 263 g/mol. The Balaban J connectivity index is 2.28. The minimum Gasteiger partial charge on any atom is -0.255 e. The third-order valence-corrected chi connectivity index (χ3v) is 4.22. The zero-order chi connectivity index (χ0) is 12.5. The highest BCUT2D eigenvalue weighted by Crippen LogP contribution is 2.20.